The van der Waals surface area contributed by atoms with E-state index >= 15 is 0 Å². The first kappa shape index (κ1) is 26.3. The standard InChI is InChI=1S/C28H34N2O4S/c1-5-34-27-11-7-6-9-24(27)10-8-18-29-28(31)25-16-14-23(15-17-25)20-30(35(4,32)33)26-19-21(2)12-13-22(26)3/h6-7,9,11-17,19H,5,8,10,18,20H2,1-4H3,(H,29,31). The normalized spacial score (nSPS) is 11.2. The van der Waals surface area contributed by atoms with Gasteiger partial charge in [-0.3, -0.25) is 9.10 Å². The fourth-order valence-corrected chi connectivity index (χ4v) is 4.82. The molecule has 0 bridgehead atoms. The molecular formula is C28H34N2O4S. The number of anilines is 1. The van der Waals surface area contributed by atoms with Crippen molar-refractivity contribution in [3.63, 3.8) is 0 Å². The van der Waals surface area contributed by atoms with Crippen molar-refractivity contribution in [3.05, 3.63) is 94.5 Å². The number of aryl methyl sites for hydroxylation is 3. The predicted octanol–water partition coefficient (Wildman–Crippen LogP) is 5.03. The first-order chi connectivity index (χ1) is 16.7. The maximum Gasteiger partial charge on any atom is 0.251 e. The van der Waals surface area contributed by atoms with Crippen LogP contribution in [0.1, 0.15) is 46.0 Å². The van der Waals surface area contributed by atoms with Gasteiger partial charge in [0.2, 0.25) is 10.0 Å². The molecule has 0 saturated carbocycles. The predicted molar refractivity (Wildman–Crippen MR) is 142 cm³/mol. The minimum atomic E-state index is -3.48. The molecule has 0 fully saturated rings. The molecule has 0 unspecified atom stereocenters. The topological polar surface area (TPSA) is 75.7 Å². The van der Waals surface area contributed by atoms with E-state index in [2.05, 4.69) is 5.32 Å². The van der Waals surface area contributed by atoms with Crippen LogP contribution in [0.15, 0.2) is 66.7 Å². The zero-order chi connectivity index (χ0) is 25.4. The third-order valence-corrected chi connectivity index (χ3v) is 6.88. The van der Waals surface area contributed by atoms with Crippen molar-refractivity contribution in [2.24, 2.45) is 0 Å². The summed E-state index contributed by atoms with van der Waals surface area (Å²) in [6.07, 6.45) is 2.82. The molecule has 6 nitrogen and oxygen atoms in total. The molecule has 0 spiro atoms. The maximum atomic E-state index is 12.6. The molecule has 0 aromatic heterocycles. The second kappa shape index (κ2) is 11.9. The molecule has 0 heterocycles. The lowest BCUT2D eigenvalue weighted by Crippen LogP contribution is -2.30. The van der Waals surface area contributed by atoms with Crippen LogP contribution < -0.4 is 14.4 Å². The van der Waals surface area contributed by atoms with E-state index in [1.54, 1.807) is 24.3 Å². The summed E-state index contributed by atoms with van der Waals surface area (Å²) in [5.74, 6) is 0.741. The van der Waals surface area contributed by atoms with Crippen molar-refractivity contribution >= 4 is 21.6 Å². The first-order valence-electron chi connectivity index (χ1n) is 11.8. The Hall–Kier alpha value is -3.32. The molecule has 0 aliphatic carbocycles. The lowest BCUT2D eigenvalue weighted by molar-refractivity contribution is 0.0953. The fourth-order valence-electron chi connectivity index (χ4n) is 3.89. The highest BCUT2D eigenvalue weighted by atomic mass is 32.2. The quantitative estimate of drug-likeness (QED) is 0.379. The molecule has 3 aromatic carbocycles. The minimum absolute atomic E-state index is 0.149. The first-order valence-corrected chi connectivity index (χ1v) is 13.7. The summed E-state index contributed by atoms with van der Waals surface area (Å²) in [5, 5.41) is 2.96. The van der Waals surface area contributed by atoms with Crippen LogP contribution >= 0.6 is 0 Å². The van der Waals surface area contributed by atoms with Crippen LogP contribution in [0.3, 0.4) is 0 Å². The number of benzene rings is 3. The number of sulfonamides is 1. The van der Waals surface area contributed by atoms with Crippen LogP contribution in [0, 0.1) is 13.8 Å². The van der Waals surface area contributed by atoms with Crippen molar-refractivity contribution in [2.75, 3.05) is 23.7 Å². The van der Waals surface area contributed by atoms with E-state index in [1.807, 2.05) is 63.2 Å². The van der Waals surface area contributed by atoms with Crippen LogP contribution in [0.25, 0.3) is 0 Å². The molecule has 0 aliphatic rings. The van der Waals surface area contributed by atoms with Gasteiger partial charge in [0.25, 0.3) is 5.91 Å². The van der Waals surface area contributed by atoms with Crippen molar-refractivity contribution in [1.29, 1.82) is 0 Å². The Morgan fingerprint density at radius 1 is 1.00 bits per heavy atom. The third-order valence-electron chi connectivity index (χ3n) is 5.76. The summed E-state index contributed by atoms with van der Waals surface area (Å²) in [4.78, 5) is 12.6. The van der Waals surface area contributed by atoms with Gasteiger partial charge in [-0.15, -0.1) is 0 Å². The largest absolute Gasteiger partial charge is 0.494 e. The highest BCUT2D eigenvalue weighted by Gasteiger charge is 2.20. The molecule has 1 amide bonds. The molecule has 0 aliphatic heterocycles. The zero-order valence-electron chi connectivity index (χ0n) is 20.9. The summed E-state index contributed by atoms with van der Waals surface area (Å²) in [7, 11) is -3.48. The summed E-state index contributed by atoms with van der Waals surface area (Å²) in [5.41, 5.74) is 5.03. The van der Waals surface area contributed by atoms with E-state index in [-0.39, 0.29) is 12.5 Å². The van der Waals surface area contributed by atoms with Gasteiger partial charge >= 0.3 is 0 Å². The van der Waals surface area contributed by atoms with Crippen LogP contribution in [0.4, 0.5) is 5.69 Å². The van der Waals surface area contributed by atoms with E-state index in [9.17, 15) is 13.2 Å². The number of para-hydroxylation sites is 1. The number of nitrogens with zero attached hydrogens (tertiary/aromatic N) is 1. The number of nitrogens with one attached hydrogen (secondary N) is 1. The molecule has 0 saturated heterocycles. The summed E-state index contributed by atoms with van der Waals surface area (Å²) in [6.45, 7) is 7.17. The Labute approximate surface area is 209 Å². The van der Waals surface area contributed by atoms with Gasteiger partial charge < -0.3 is 10.1 Å². The Kier molecular flexibility index (Phi) is 8.93. The third kappa shape index (κ3) is 7.33. The van der Waals surface area contributed by atoms with Crippen LogP contribution in [0.5, 0.6) is 5.75 Å². The molecule has 0 atom stereocenters. The van der Waals surface area contributed by atoms with Gasteiger partial charge in [0.1, 0.15) is 5.75 Å². The number of hydrogen-bond donors (Lipinski definition) is 1. The Morgan fingerprint density at radius 3 is 2.40 bits per heavy atom. The number of rotatable bonds is 11. The monoisotopic (exact) mass is 494 g/mol. The summed E-state index contributed by atoms with van der Waals surface area (Å²) in [6, 6.07) is 20.8. The van der Waals surface area contributed by atoms with Gasteiger partial charge in [0.15, 0.2) is 0 Å². The Morgan fingerprint density at radius 2 is 1.71 bits per heavy atom. The van der Waals surface area contributed by atoms with Crippen molar-refractivity contribution in [1.82, 2.24) is 5.32 Å². The van der Waals surface area contributed by atoms with Gasteiger partial charge in [0, 0.05) is 12.1 Å². The van der Waals surface area contributed by atoms with Gasteiger partial charge in [0.05, 0.1) is 25.1 Å². The number of carbonyl (C=O) groups is 1. The highest BCUT2D eigenvalue weighted by molar-refractivity contribution is 7.92. The molecule has 3 aromatic rings. The smallest absolute Gasteiger partial charge is 0.251 e. The van der Waals surface area contributed by atoms with Crippen LogP contribution in [0.2, 0.25) is 0 Å². The average molecular weight is 495 g/mol. The van der Waals surface area contributed by atoms with E-state index in [0.717, 1.165) is 40.8 Å². The van der Waals surface area contributed by atoms with Crippen LogP contribution in [-0.4, -0.2) is 33.7 Å². The SMILES string of the molecule is CCOc1ccccc1CCCNC(=O)c1ccc(CN(c2cc(C)ccc2C)S(C)(=O)=O)cc1. The van der Waals surface area contributed by atoms with Crippen molar-refractivity contribution in [2.45, 2.75) is 40.2 Å². The van der Waals surface area contributed by atoms with E-state index in [1.165, 1.54) is 10.6 Å². The molecule has 0 radical (unpaired) electrons. The van der Waals surface area contributed by atoms with Gasteiger partial charge in [-0.25, -0.2) is 8.42 Å². The van der Waals surface area contributed by atoms with Gasteiger partial charge in [-0.05, 0) is 80.1 Å². The Bertz CT molecular complexity index is 1250. The Balaban J connectivity index is 1.60. The number of hydrogen-bond acceptors (Lipinski definition) is 4. The van der Waals surface area contributed by atoms with Gasteiger partial charge in [-0.1, -0.05) is 42.5 Å². The van der Waals surface area contributed by atoms with Crippen LogP contribution in [-0.2, 0) is 23.0 Å². The molecule has 35 heavy (non-hydrogen) atoms. The average Bonchev–Trinajstić information content (AvgIpc) is 2.82. The van der Waals surface area contributed by atoms with E-state index in [0.29, 0.717) is 24.4 Å². The summed E-state index contributed by atoms with van der Waals surface area (Å²) >= 11 is 0. The van der Waals surface area contributed by atoms with E-state index < -0.39 is 10.0 Å². The van der Waals surface area contributed by atoms with Crippen molar-refractivity contribution in [3.8, 4) is 5.75 Å². The molecular weight excluding hydrogens is 460 g/mol. The molecule has 186 valence electrons. The second-order valence-electron chi connectivity index (χ2n) is 8.66. The molecule has 3 rings (SSSR count). The summed E-state index contributed by atoms with van der Waals surface area (Å²) < 4.78 is 32.1. The maximum absolute atomic E-state index is 12.6. The lowest BCUT2D eigenvalue weighted by Gasteiger charge is -2.25. The molecule has 7 heteroatoms. The lowest BCUT2D eigenvalue weighted by atomic mass is 10.1. The second-order valence-corrected chi connectivity index (χ2v) is 10.6. The number of amides is 1. The fraction of sp³-hybridized carbons (Fsp3) is 0.321. The van der Waals surface area contributed by atoms with Gasteiger partial charge in [-0.2, -0.15) is 0 Å². The zero-order valence-corrected chi connectivity index (χ0v) is 21.7. The highest BCUT2D eigenvalue weighted by Crippen LogP contribution is 2.26. The van der Waals surface area contributed by atoms with Crippen molar-refractivity contribution < 1.29 is 17.9 Å². The molecule has 1 N–H and O–H groups in total. The number of carbonyl (C=O) groups excluding carboxylic acids is 1. The van der Waals surface area contributed by atoms with E-state index in [4.69, 9.17) is 4.74 Å². The minimum Gasteiger partial charge on any atom is -0.494 e. The number of ether oxygens (including phenoxy) is 1.